The first kappa shape index (κ1) is 18.2. The van der Waals surface area contributed by atoms with Crippen LogP contribution in [0.4, 0.5) is 0 Å². The third-order valence-corrected chi connectivity index (χ3v) is 4.99. The number of aromatic nitrogens is 2. The lowest BCUT2D eigenvalue weighted by atomic mass is 9.97. The number of carbonyl (C=O) groups excluding carboxylic acids is 2. The molecule has 1 aliphatic heterocycles. The van der Waals surface area contributed by atoms with E-state index in [1.807, 2.05) is 43.9 Å². The van der Waals surface area contributed by atoms with Gasteiger partial charge in [-0.2, -0.15) is 5.10 Å². The SMILES string of the molecule is Cc1ccnn1-c1ccc(C(=O)OCC(=O)N2[C@@H](C)CCC[C@@H]2C)cc1. The summed E-state index contributed by atoms with van der Waals surface area (Å²) in [7, 11) is 0. The molecule has 6 nitrogen and oxygen atoms in total. The summed E-state index contributed by atoms with van der Waals surface area (Å²) in [6.45, 7) is 5.84. The molecule has 0 spiro atoms. The van der Waals surface area contributed by atoms with Gasteiger partial charge in [-0.15, -0.1) is 0 Å². The maximum Gasteiger partial charge on any atom is 0.338 e. The van der Waals surface area contributed by atoms with E-state index in [9.17, 15) is 9.59 Å². The van der Waals surface area contributed by atoms with E-state index < -0.39 is 5.97 Å². The molecule has 0 radical (unpaired) electrons. The summed E-state index contributed by atoms with van der Waals surface area (Å²) < 4.78 is 7.03. The lowest BCUT2D eigenvalue weighted by molar-refractivity contribution is -0.140. The second-order valence-electron chi connectivity index (χ2n) is 6.94. The van der Waals surface area contributed by atoms with Crippen LogP contribution in [0.15, 0.2) is 36.5 Å². The topological polar surface area (TPSA) is 64.4 Å². The zero-order valence-corrected chi connectivity index (χ0v) is 15.5. The second kappa shape index (κ2) is 7.72. The van der Waals surface area contributed by atoms with E-state index in [-0.39, 0.29) is 24.6 Å². The van der Waals surface area contributed by atoms with Crippen LogP contribution in [-0.2, 0) is 9.53 Å². The molecule has 1 aliphatic rings. The summed E-state index contributed by atoms with van der Waals surface area (Å²) in [5.41, 5.74) is 2.30. The van der Waals surface area contributed by atoms with Gasteiger partial charge in [-0.25, -0.2) is 9.48 Å². The molecular weight excluding hydrogens is 330 g/mol. The molecule has 0 unspecified atom stereocenters. The number of benzene rings is 1. The Morgan fingerprint density at radius 2 is 1.77 bits per heavy atom. The Labute approximate surface area is 153 Å². The largest absolute Gasteiger partial charge is 0.452 e. The first-order valence-corrected chi connectivity index (χ1v) is 9.06. The molecule has 1 fully saturated rings. The molecule has 1 aromatic carbocycles. The molecule has 1 aromatic heterocycles. The van der Waals surface area contributed by atoms with Crippen LogP contribution >= 0.6 is 0 Å². The van der Waals surface area contributed by atoms with Crippen LogP contribution < -0.4 is 0 Å². The zero-order valence-electron chi connectivity index (χ0n) is 15.5. The Balaban J connectivity index is 1.60. The van der Waals surface area contributed by atoms with Crippen LogP contribution in [-0.4, -0.2) is 45.2 Å². The van der Waals surface area contributed by atoms with Gasteiger partial charge in [0.15, 0.2) is 6.61 Å². The maximum absolute atomic E-state index is 12.4. The fourth-order valence-corrected chi connectivity index (χ4v) is 3.58. The van der Waals surface area contributed by atoms with Crippen molar-refractivity contribution in [3.8, 4) is 5.69 Å². The van der Waals surface area contributed by atoms with Crippen molar-refractivity contribution in [1.82, 2.24) is 14.7 Å². The third-order valence-electron chi connectivity index (χ3n) is 4.99. The molecule has 0 N–H and O–H groups in total. The lowest BCUT2D eigenvalue weighted by Gasteiger charge is -2.38. The number of hydrogen-bond acceptors (Lipinski definition) is 4. The molecule has 3 rings (SSSR count). The van der Waals surface area contributed by atoms with Crippen LogP contribution in [0.25, 0.3) is 5.69 Å². The van der Waals surface area contributed by atoms with Crippen molar-refractivity contribution in [2.45, 2.75) is 52.1 Å². The third kappa shape index (κ3) is 3.79. The van der Waals surface area contributed by atoms with Crippen LogP contribution in [0.2, 0.25) is 0 Å². The van der Waals surface area contributed by atoms with Crippen molar-refractivity contribution in [3.05, 3.63) is 47.8 Å². The number of piperidine rings is 1. The lowest BCUT2D eigenvalue weighted by Crippen LogP contribution is -2.49. The van der Waals surface area contributed by atoms with Gasteiger partial charge in [0.05, 0.1) is 11.3 Å². The van der Waals surface area contributed by atoms with E-state index in [2.05, 4.69) is 5.10 Å². The fraction of sp³-hybridized carbons (Fsp3) is 0.450. The van der Waals surface area contributed by atoms with Crippen molar-refractivity contribution >= 4 is 11.9 Å². The number of likely N-dealkylation sites (tertiary alicyclic amines) is 1. The van der Waals surface area contributed by atoms with E-state index in [0.29, 0.717) is 5.56 Å². The van der Waals surface area contributed by atoms with Gasteiger partial charge in [-0.05, 0) is 70.4 Å². The van der Waals surface area contributed by atoms with E-state index in [4.69, 9.17) is 4.74 Å². The Bertz CT molecular complexity index is 772. The Hall–Kier alpha value is -2.63. The molecule has 0 saturated carbocycles. The number of rotatable bonds is 4. The molecule has 2 atom stereocenters. The summed E-state index contributed by atoms with van der Waals surface area (Å²) in [5.74, 6) is -0.610. The first-order valence-electron chi connectivity index (χ1n) is 9.06. The number of nitrogens with zero attached hydrogens (tertiary/aromatic N) is 3. The van der Waals surface area contributed by atoms with Gasteiger partial charge in [0.25, 0.3) is 5.91 Å². The second-order valence-corrected chi connectivity index (χ2v) is 6.94. The van der Waals surface area contributed by atoms with Crippen molar-refractivity contribution in [3.63, 3.8) is 0 Å². The van der Waals surface area contributed by atoms with E-state index in [1.165, 1.54) is 0 Å². The number of hydrogen-bond donors (Lipinski definition) is 0. The van der Waals surface area contributed by atoms with Crippen LogP contribution in [0.5, 0.6) is 0 Å². The van der Waals surface area contributed by atoms with Crippen molar-refractivity contribution in [2.24, 2.45) is 0 Å². The summed E-state index contributed by atoms with van der Waals surface area (Å²) in [6.07, 6.45) is 4.86. The van der Waals surface area contributed by atoms with Crippen LogP contribution in [0, 0.1) is 6.92 Å². The highest BCUT2D eigenvalue weighted by molar-refractivity contribution is 5.91. The normalized spacial score (nSPS) is 20.0. The molecule has 1 saturated heterocycles. The highest BCUT2D eigenvalue weighted by Crippen LogP contribution is 2.22. The van der Waals surface area contributed by atoms with Crippen molar-refractivity contribution < 1.29 is 14.3 Å². The fourth-order valence-electron chi connectivity index (χ4n) is 3.58. The van der Waals surface area contributed by atoms with Gasteiger partial charge >= 0.3 is 5.97 Å². The summed E-state index contributed by atoms with van der Waals surface area (Å²) in [4.78, 5) is 26.5. The Kier molecular flexibility index (Phi) is 5.40. The molecule has 0 aliphatic carbocycles. The van der Waals surface area contributed by atoms with Crippen LogP contribution in [0.3, 0.4) is 0 Å². The molecule has 1 amide bonds. The minimum absolute atomic E-state index is 0.123. The monoisotopic (exact) mass is 355 g/mol. The summed E-state index contributed by atoms with van der Waals surface area (Å²) >= 11 is 0. The first-order chi connectivity index (χ1) is 12.5. The number of amides is 1. The minimum atomic E-state index is -0.487. The summed E-state index contributed by atoms with van der Waals surface area (Å²) in [5, 5.41) is 4.24. The van der Waals surface area contributed by atoms with Gasteiger partial charge in [0, 0.05) is 24.0 Å². The Morgan fingerprint density at radius 1 is 1.12 bits per heavy atom. The van der Waals surface area contributed by atoms with Gasteiger partial charge in [-0.3, -0.25) is 4.79 Å². The average Bonchev–Trinajstić information content (AvgIpc) is 3.05. The standard InChI is InChI=1S/C20H25N3O3/c1-14-5-4-6-15(2)22(14)19(24)13-26-20(25)17-7-9-18(10-8-17)23-16(3)11-12-21-23/h7-12,14-15H,4-6,13H2,1-3H3/t14-,15-/m0/s1. The van der Waals surface area contributed by atoms with Crippen LogP contribution in [0.1, 0.15) is 49.2 Å². The van der Waals surface area contributed by atoms with E-state index in [0.717, 1.165) is 30.6 Å². The molecular formula is C20H25N3O3. The number of esters is 1. The van der Waals surface area contributed by atoms with Gasteiger partial charge in [0.2, 0.25) is 0 Å². The number of aryl methyl sites for hydroxylation is 1. The highest BCUT2D eigenvalue weighted by Gasteiger charge is 2.29. The minimum Gasteiger partial charge on any atom is -0.452 e. The van der Waals surface area contributed by atoms with Gasteiger partial charge in [-0.1, -0.05) is 0 Å². The van der Waals surface area contributed by atoms with Crippen molar-refractivity contribution in [1.29, 1.82) is 0 Å². The van der Waals surface area contributed by atoms with Gasteiger partial charge in [0.1, 0.15) is 0 Å². The molecule has 2 aromatic rings. The number of carbonyl (C=O) groups is 2. The predicted octanol–water partition coefficient (Wildman–Crippen LogP) is 3.13. The molecule has 138 valence electrons. The zero-order chi connectivity index (χ0) is 18.7. The molecule has 2 heterocycles. The van der Waals surface area contributed by atoms with E-state index in [1.54, 1.807) is 23.0 Å². The average molecular weight is 355 g/mol. The molecule has 6 heteroatoms. The molecule has 26 heavy (non-hydrogen) atoms. The van der Waals surface area contributed by atoms with E-state index >= 15 is 0 Å². The Morgan fingerprint density at radius 3 is 2.35 bits per heavy atom. The summed E-state index contributed by atoms with van der Waals surface area (Å²) in [6, 6.07) is 9.31. The van der Waals surface area contributed by atoms with Crippen molar-refractivity contribution in [2.75, 3.05) is 6.61 Å². The van der Waals surface area contributed by atoms with Gasteiger partial charge < -0.3 is 9.64 Å². The quantitative estimate of drug-likeness (QED) is 0.791. The highest BCUT2D eigenvalue weighted by atomic mass is 16.5. The number of ether oxygens (including phenoxy) is 1. The smallest absolute Gasteiger partial charge is 0.338 e. The molecule has 0 bridgehead atoms. The maximum atomic E-state index is 12.4. The predicted molar refractivity (Wildman–Crippen MR) is 98.2 cm³/mol.